The number of rotatable bonds is 4. The fraction of sp³-hybridized carbons (Fsp3) is 0.500. The second-order valence-corrected chi connectivity index (χ2v) is 4.47. The van der Waals surface area contributed by atoms with Crippen LogP contribution in [0.5, 0.6) is 0 Å². The fourth-order valence-corrected chi connectivity index (χ4v) is 2.08. The van der Waals surface area contributed by atoms with Gasteiger partial charge in [-0.2, -0.15) is 0 Å². The third kappa shape index (κ3) is 3.67. The molecule has 1 aromatic rings. The zero-order valence-corrected chi connectivity index (χ0v) is 10.1. The molecule has 1 aliphatic heterocycles. The Hall–Kier alpha value is -0.770. The Morgan fingerprint density at radius 1 is 1.31 bits per heavy atom. The topological polar surface area (TPSA) is 27.3 Å². The van der Waals surface area contributed by atoms with E-state index in [1.807, 2.05) is 24.3 Å². The summed E-state index contributed by atoms with van der Waals surface area (Å²) in [5.41, 5.74) is 1.10. The number of hydrogen-bond donors (Lipinski definition) is 2. The molecular weight excluding hydrogens is 222 g/mol. The summed E-state index contributed by atoms with van der Waals surface area (Å²) in [6.07, 6.45) is 0. The van der Waals surface area contributed by atoms with Crippen LogP contribution in [0.2, 0.25) is 5.02 Å². The average Bonchev–Trinajstić information content (AvgIpc) is 2.30. The van der Waals surface area contributed by atoms with E-state index in [-0.39, 0.29) is 0 Å². The van der Waals surface area contributed by atoms with E-state index in [1.54, 1.807) is 0 Å². The van der Waals surface area contributed by atoms with Crippen LogP contribution < -0.4 is 10.6 Å². The maximum absolute atomic E-state index is 5.91. The van der Waals surface area contributed by atoms with Gasteiger partial charge in [0.2, 0.25) is 0 Å². The first-order valence-corrected chi connectivity index (χ1v) is 6.15. The number of hydrogen-bond acceptors (Lipinski definition) is 3. The van der Waals surface area contributed by atoms with Crippen LogP contribution in [0, 0.1) is 0 Å². The highest BCUT2D eigenvalue weighted by Crippen LogP contribution is 2.14. The Kier molecular flexibility index (Phi) is 4.45. The largest absolute Gasteiger partial charge is 0.384 e. The van der Waals surface area contributed by atoms with Crippen LogP contribution >= 0.6 is 11.6 Å². The van der Waals surface area contributed by atoms with Gasteiger partial charge in [-0.05, 0) is 18.2 Å². The SMILES string of the molecule is Clc1cccc(NCCN2CCNCC2)c1. The number of nitrogens with zero attached hydrogens (tertiary/aromatic N) is 1. The van der Waals surface area contributed by atoms with Crippen LogP contribution in [0.25, 0.3) is 0 Å². The van der Waals surface area contributed by atoms with Gasteiger partial charge in [0.25, 0.3) is 0 Å². The Labute approximate surface area is 102 Å². The lowest BCUT2D eigenvalue weighted by Crippen LogP contribution is -2.45. The van der Waals surface area contributed by atoms with E-state index in [9.17, 15) is 0 Å². The minimum Gasteiger partial charge on any atom is -0.384 e. The highest BCUT2D eigenvalue weighted by Gasteiger charge is 2.07. The van der Waals surface area contributed by atoms with Gasteiger partial charge in [-0.25, -0.2) is 0 Å². The molecule has 0 saturated carbocycles. The van der Waals surface area contributed by atoms with Crippen LogP contribution in [0.4, 0.5) is 5.69 Å². The molecule has 1 aromatic carbocycles. The van der Waals surface area contributed by atoms with Crippen molar-refractivity contribution in [2.24, 2.45) is 0 Å². The summed E-state index contributed by atoms with van der Waals surface area (Å²) in [7, 11) is 0. The molecule has 0 atom stereocenters. The van der Waals surface area contributed by atoms with E-state index in [0.29, 0.717) is 0 Å². The van der Waals surface area contributed by atoms with Crippen molar-refractivity contribution in [3.05, 3.63) is 29.3 Å². The van der Waals surface area contributed by atoms with Gasteiger partial charge in [0.05, 0.1) is 0 Å². The first kappa shape index (κ1) is 11.7. The third-order valence-electron chi connectivity index (χ3n) is 2.79. The molecule has 4 heteroatoms. The van der Waals surface area contributed by atoms with Gasteiger partial charge in [0.15, 0.2) is 0 Å². The van der Waals surface area contributed by atoms with E-state index >= 15 is 0 Å². The number of anilines is 1. The third-order valence-corrected chi connectivity index (χ3v) is 3.03. The van der Waals surface area contributed by atoms with Gasteiger partial charge < -0.3 is 10.6 Å². The molecule has 88 valence electrons. The quantitative estimate of drug-likeness (QED) is 0.837. The Balaban J connectivity index is 1.71. The van der Waals surface area contributed by atoms with Gasteiger partial charge in [-0.1, -0.05) is 17.7 Å². The van der Waals surface area contributed by atoms with E-state index in [2.05, 4.69) is 15.5 Å². The number of nitrogens with one attached hydrogen (secondary N) is 2. The molecule has 0 aromatic heterocycles. The van der Waals surface area contributed by atoms with Crippen molar-refractivity contribution < 1.29 is 0 Å². The molecule has 1 saturated heterocycles. The van der Waals surface area contributed by atoms with Crippen LogP contribution in [0.1, 0.15) is 0 Å². The summed E-state index contributed by atoms with van der Waals surface area (Å²) >= 11 is 5.91. The van der Waals surface area contributed by atoms with Crippen molar-refractivity contribution in [3.8, 4) is 0 Å². The first-order valence-electron chi connectivity index (χ1n) is 5.77. The smallest absolute Gasteiger partial charge is 0.0426 e. The monoisotopic (exact) mass is 239 g/mol. The molecule has 0 aliphatic carbocycles. The van der Waals surface area contributed by atoms with Crippen LogP contribution in [0.3, 0.4) is 0 Å². The minimum atomic E-state index is 0.784. The highest BCUT2D eigenvalue weighted by atomic mass is 35.5. The standard InChI is InChI=1S/C12H18ClN3/c13-11-2-1-3-12(10-11)15-6-9-16-7-4-14-5-8-16/h1-3,10,14-15H,4-9H2. The second kappa shape index (κ2) is 6.09. The zero-order chi connectivity index (χ0) is 11.2. The fourth-order valence-electron chi connectivity index (χ4n) is 1.89. The van der Waals surface area contributed by atoms with E-state index in [1.165, 1.54) is 0 Å². The Morgan fingerprint density at radius 3 is 2.88 bits per heavy atom. The van der Waals surface area contributed by atoms with Crippen molar-refractivity contribution in [1.29, 1.82) is 0 Å². The lowest BCUT2D eigenvalue weighted by molar-refractivity contribution is 0.249. The predicted molar refractivity (Wildman–Crippen MR) is 69.3 cm³/mol. The number of halogens is 1. The summed E-state index contributed by atoms with van der Waals surface area (Å²) in [4.78, 5) is 2.47. The van der Waals surface area contributed by atoms with Crippen molar-refractivity contribution in [1.82, 2.24) is 10.2 Å². The highest BCUT2D eigenvalue weighted by molar-refractivity contribution is 6.30. The molecule has 3 nitrogen and oxygen atoms in total. The average molecular weight is 240 g/mol. The van der Waals surface area contributed by atoms with Gasteiger partial charge >= 0.3 is 0 Å². The summed E-state index contributed by atoms with van der Waals surface area (Å²) in [6.45, 7) is 6.58. The molecule has 0 bridgehead atoms. The molecule has 0 amide bonds. The number of piperazine rings is 1. The lowest BCUT2D eigenvalue weighted by Gasteiger charge is -2.27. The van der Waals surface area contributed by atoms with Gasteiger partial charge in [0, 0.05) is 50.0 Å². The van der Waals surface area contributed by atoms with Gasteiger partial charge in [-0.3, -0.25) is 4.90 Å². The zero-order valence-electron chi connectivity index (χ0n) is 9.38. The molecule has 0 spiro atoms. The molecule has 0 radical (unpaired) electrons. The molecule has 1 heterocycles. The predicted octanol–water partition coefficient (Wildman–Crippen LogP) is 1.66. The van der Waals surface area contributed by atoms with Gasteiger partial charge in [-0.15, -0.1) is 0 Å². The van der Waals surface area contributed by atoms with Crippen LogP contribution in [-0.2, 0) is 0 Å². The molecule has 1 fully saturated rings. The lowest BCUT2D eigenvalue weighted by atomic mass is 10.3. The molecular formula is C12H18ClN3. The first-order chi connectivity index (χ1) is 7.84. The normalized spacial score (nSPS) is 17.3. The molecule has 1 aliphatic rings. The minimum absolute atomic E-state index is 0.784. The summed E-state index contributed by atoms with van der Waals surface area (Å²) in [5.74, 6) is 0. The van der Waals surface area contributed by atoms with Crippen LogP contribution in [0.15, 0.2) is 24.3 Å². The number of benzene rings is 1. The summed E-state index contributed by atoms with van der Waals surface area (Å²) in [5, 5.41) is 7.52. The Morgan fingerprint density at radius 2 is 2.12 bits per heavy atom. The molecule has 2 rings (SSSR count). The second-order valence-electron chi connectivity index (χ2n) is 4.03. The summed E-state index contributed by atoms with van der Waals surface area (Å²) in [6, 6.07) is 7.86. The van der Waals surface area contributed by atoms with Crippen molar-refractivity contribution in [2.45, 2.75) is 0 Å². The molecule has 0 unspecified atom stereocenters. The van der Waals surface area contributed by atoms with Gasteiger partial charge in [0.1, 0.15) is 0 Å². The maximum atomic E-state index is 5.91. The van der Waals surface area contributed by atoms with Crippen LogP contribution in [-0.4, -0.2) is 44.2 Å². The van der Waals surface area contributed by atoms with Crippen molar-refractivity contribution in [3.63, 3.8) is 0 Å². The molecule has 2 N–H and O–H groups in total. The van der Waals surface area contributed by atoms with E-state index in [4.69, 9.17) is 11.6 Å². The van der Waals surface area contributed by atoms with E-state index in [0.717, 1.165) is 50.0 Å². The van der Waals surface area contributed by atoms with Crippen molar-refractivity contribution in [2.75, 3.05) is 44.6 Å². The maximum Gasteiger partial charge on any atom is 0.0426 e. The van der Waals surface area contributed by atoms with E-state index < -0.39 is 0 Å². The molecule has 16 heavy (non-hydrogen) atoms. The summed E-state index contributed by atoms with van der Waals surface area (Å²) < 4.78 is 0. The van der Waals surface area contributed by atoms with Crippen molar-refractivity contribution >= 4 is 17.3 Å². The Bertz CT molecular complexity index is 324.